The number of hydrogen-bond donors (Lipinski definition) is 5. The molecule has 3 amide bonds. The average molecular weight is 343 g/mol. The number of nitrogens with zero attached hydrogens (tertiary/aromatic N) is 1. The number of urea groups is 1. The molecule has 0 unspecified atom stereocenters. The van der Waals surface area contributed by atoms with E-state index >= 15 is 0 Å². The number of carbonyl (C=O) groups excluding carboxylic acids is 2. The van der Waals surface area contributed by atoms with Crippen molar-refractivity contribution in [2.45, 2.75) is 38.6 Å². The molecule has 22 heavy (non-hydrogen) atoms. The molecular formula is C13H21N5O2S2. The zero-order valence-corrected chi connectivity index (χ0v) is 14.2. The summed E-state index contributed by atoms with van der Waals surface area (Å²) in [5, 5.41) is 9.22. The van der Waals surface area contributed by atoms with E-state index in [1.807, 2.05) is 0 Å². The number of rotatable bonds is 6. The number of thiazole rings is 1. The summed E-state index contributed by atoms with van der Waals surface area (Å²) in [5.74, 6) is -0.302. The Morgan fingerprint density at radius 2 is 2.27 bits per heavy atom. The maximum atomic E-state index is 11.7. The summed E-state index contributed by atoms with van der Waals surface area (Å²) in [5.41, 5.74) is 1.08. The third-order valence-corrected chi connectivity index (χ3v) is 4.62. The fourth-order valence-corrected chi connectivity index (χ4v) is 3.50. The van der Waals surface area contributed by atoms with Gasteiger partial charge in [0.2, 0.25) is 5.91 Å². The van der Waals surface area contributed by atoms with Crippen LogP contribution in [0.25, 0.3) is 0 Å². The van der Waals surface area contributed by atoms with Gasteiger partial charge in [0, 0.05) is 10.9 Å². The van der Waals surface area contributed by atoms with Gasteiger partial charge in [0.1, 0.15) is 0 Å². The molecule has 0 fully saturated rings. The number of amides is 3. The molecule has 0 bridgehead atoms. The number of hydrogen-bond acceptors (Lipinski definition) is 6. The summed E-state index contributed by atoms with van der Waals surface area (Å²) in [4.78, 5) is 28.4. The molecule has 4 N–H and O–H groups in total. The molecule has 1 heterocycles. The normalized spacial score (nSPS) is 16.7. The molecule has 0 saturated carbocycles. The van der Waals surface area contributed by atoms with Crippen LogP contribution in [-0.2, 0) is 17.6 Å². The van der Waals surface area contributed by atoms with Crippen LogP contribution in [0.5, 0.6) is 0 Å². The summed E-state index contributed by atoms with van der Waals surface area (Å²) in [6.45, 7) is 3.07. The van der Waals surface area contributed by atoms with Crippen molar-refractivity contribution in [2.75, 3.05) is 18.4 Å². The molecule has 0 aromatic carbocycles. The number of anilines is 1. The van der Waals surface area contributed by atoms with Crippen molar-refractivity contribution >= 4 is 41.2 Å². The molecule has 1 aromatic rings. The topological polar surface area (TPSA) is 95.2 Å². The van der Waals surface area contributed by atoms with Gasteiger partial charge in [-0.05, 0) is 32.2 Å². The van der Waals surface area contributed by atoms with Crippen molar-refractivity contribution in [3.63, 3.8) is 0 Å². The van der Waals surface area contributed by atoms with Crippen molar-refractivity contribution in [3.8, 4) is 0 Å². The molecule has 1 aromatic heterocycles. The number of fused-ring (bicyclic) bond motifs is 1. The van der Waals surface area contributed by atoms with E-state index in [1.54, 1.807) is 0 Å². The molecule has 0 spiro atoms. The average Bonchev–Trinajstić information content (AvgIpc) is 2.91. The Morgan fingerprint density at radius 3 is 3.00 bits per heavy atom. The second-order valence-corrected chi connectivity index (χ2v) is 6.43. The number of thiol groups is 1. The summed E-state index contributed by atoms with van der Waals surface area (Å²) < 4.78 is 2.09. The Hall–Kier alpha value is -1.32. The van der Waals surface area contributed by atoms with Crippen LogP contribution in [0.15, 0.2) is 0 Å². The lowest BCUT2D eigenvalue weighted by Gasteiger charge is -2.21. The van der Waals surface area contributed by atoms with E-state index in [0.29, 0.717) is 11.2 Å². The fourth-order valence-electron chi connectivity index (χ4n) is 2.31. The van der Waals surface area contributed by atoms with E-state index in [2.05, 4.69) is 45.4 Å². The van der Waals surface area contributed by atoms with Crippen LogP contribution < -0.4 is 20.7 Å². The van der Waals surface area contributed by atoms with Gasteiger partial charge < -0.3 is 16.0 Å². The Bertz CT molecular complexity index is 535. The van der Waals surface area contributed by atoms with Gasteiger partial charge in [-0.2, -0.15) is 0 Å². The fraction of sp³-hybridized carbons (Fsp3) is 0.615. The summed E-state index contributed by atoms with van der Waals surface area (Å²) in [6.07, 6.45) is 4.10. The van der Waals surface area contributed by atoms with Crippen LogP contribution in [0.1, 0.15) is 30.3 Å². The van der Waals surface area contributed by atoms with Gasteiger partial charge >= 0.3 is 6.03 Å². The first-order chi connectivity index (χ1) is 10.6. The third-order valence-electron chi connectivity index (χ3n) is 3.38. The van der Waals surface area contributed by atoms with E-state index in [1.165, 1.54) is 16.2 Å². The van der Waals surface area contributed by atoms with Crippen molar-refractivity contribution in [1.29, 1.82) is 0 Å². The third kappa shape index (κ3) is 4.85. The van der Waals surface area contributed by atoms with Gasteiger partial charge in [0.05, 0.1) is 12.2 Å². The smallest absolute Gasteiger partial charge is 0.325 e. The molecule has 7 nitrogen and oxygen atoms in total. The largest absolute Gasteiger partial charge is 0.328 e. The highest BCUT2D eigenvalue weighted by molar-refractivity contribution is 7.78. The molecule has 2 rings (SSSR count). The first-order valence-corrected chi connectivity index (χ1v) is 8.58. The summed E-state index contributed by atoms with van der Waals surface area (Å²) >= 11 is 5.10. The lowest BCUT2D eigenvalue weighted by Crippen LogP contribution is -2.36. The number of nitrogens with one attached hydrogen (secondary N) is 4. The summed E-state index contributed by atoms with van der Waals surface area (Å²) in [7, 11) is 0. The number of aryl methyl sites for hydroxylation is 1. The van der Waals surface area contributed by atoms with Gasteiger partial charge in [-0.3, -0.25) is 9.52 Å². The van der Waals surface area contributed by atoms with Crippen LogP contribution in [0.3, 0.4) is 0 Å². The SMILES string of the molecule is CCCN[C@H]1CCc2nc(NC(=O)CNC(=O)NS)sc2C1. The number of aromatic nitrogens is 1. The van der Waals surface area contributed by atoms with Gasteiger partial charge in [0.15, 0.2) is 5.13 Å². The molecule has 9 heteroatoms. The molecule has 1 aliphatic rings. The van der Waals surface area contributed by atoms with Crippen LogP contribution in [0.2, 0.25) is 0 Å². The Kier molecular flexibility index (Phi) is 6.47. The minimum atomic E-state index is -0.512. The minimum absolute atomic E-state index is 0.114. The highest BCUT2D eigenvalue weighted by Crippen LogP contribution is 2.29. The van der Waals surface area contributed by atoms with Gasteiger partial charge in [0.25, 0.3) is 0 Å². The minimum Gasteiger partial charge on any atom is -0.328 e. The molecule has 0 radical (unpaired) electrons. The van der Waals surface area contributed by atoms with Crippen LogP contribution in [0.4, 0.5) is 9.93 Å². The van der Waals surface area contributed by atoms with E-state index in [4.69, 9.17) is 0 Å². The first kappa shape index (κ1) is 17.0. The quantitative estimate of drug-likeness (QED) is 0.500. The molecule has 0 saturated heterocycles. The molecule has 1 atom stereocenters. The predicted molar refractivity (Wildman–Crippen MR) is 90.4 cm³/mol. The van der Waals surface area contributed by atoms with Crippen molar-refractivity contribution in [2.24, 2.45) is 0 Å². The van der Waals surface area contributed by atoms with E-state index in [-0.39, 0.29) is 12.5 Å². The zero-order valence-electron chi connectivity index (χ0n) is 12.4. The van der Waals surface area contributed by atoms with Gasteiger partial charge in [-0.15, -0.1) is 11.3 Å². The van der Waals surface area contributed by atoms with Crippen LogP contribution >= 0.6 is 24.2 Å². The highest BCUT2D eigenvalue weighted by atomic mass is 32.1. The van der Waals surface area contributed by atoms with Crippen LogP contribution in [-0.4, -0.2) is 36.1 Å². The monoisotopic (exact) mass is 343 g/mol. The van der Waals surface area contributed by atoms with Crippen molar-refractivity contribution in [1.82, 2.24) is 20.3 Å². The summed E-state index contributed by atoms with van der Waals surface area (Å²) in [6, 6.07) is -0.0149. The van der Waals surface area contributed by atoms with Crippen LogP contribution in [0, 0.1) is 0 Å². The lowest BCUT2D eigenvalue weighted by atomic mass is 9.98. The maximum Gasteiger partial charge on any atom is 0.325 e. The van der Waals surface area contributed by atoms with Gasteiger partial charge in [-0.25, -0.2) is 9.78 Å². The van der Waals surface area contributed by atoms with E-state index in [0.717, 1.165) is 37.9 Å². The van der Waals surface area contributed by atoms with E-state index in [9.17, 15) is 9.59 Å². The Morgan fingerprint density at radius 1 is 1.45 bits per heavy atom. The van der Waals surface area contributed by atoms with Crippen molar-refractivity contribution < 1.29 is 9.59 Å². The zero-order chi connectivity index (χ0) is 15.9. The molecule has 122 valence electrons. The Labute approximate surface area is 139 Å². The molecule has 1 aliphatic carbocycles. The molecule has 0 aliphatic heterocycles. The van der Waals surface area contributed by atoms with E-state index < -0.39 is 6.03 Å². The lowest BCUT2D eigenvalue weighted by molar-refractivity contribution is -0.115. The standard InChI is InChI=1S/C13H21N5O2S2/c1-2-5-14-8-3-4-9-10(6-8)22-13(16-9)17-11(19)7-15-12(20)18-21/h8,14,21H,2-7H2,1H3,(H2,15,18,20)(H,16,17,19)/t8-/m0/s1. The Balaban J connectivity index is 1.86. The van der Waals surface area contributed by atoms with Crippen molar-refractivity contribution in [3.05, 3.63) is 10.6 Å². The highest BCUT2D eigenvalue weighted by Gasteiger charge is 2.22. The second-order valence-electron chi connectivity index (χ2n) is 5.13. The maximum absolute atomic E-state index is 11.7. The number of carbonyl (C=O) groups is 2. The molecular weight excluding hydrogens is 322 g/mol. The first-order valence-electron chi connectivity index (χ1n) is 7.32. The predicted octanol–water partition coefficient (Wildman–Crippen LogP) is 1.08. The van der Waals surface area contributed by atoms with Gasteiger partial charge in [-0.1, -0.05) is 19.7 Å². The second kappa shape index (κ2) is 8.35.